The van der Waals surface area contributed by atoms with E-state index in [4.69, 9.17) is 0 Å². The Bertz CT molecular complexity index is 979. The molecule has 1 aromatic heterocycles. The number of H-pyrrole nitrogens is 1. The number of carbonyl (C=O) groups is 1. The van der Waals surface area contributed by atoms with Crippen molar-refractivity contribution >= 4 is 11.6 Å². The molecule has 140 valence electrons. The number of anilines is 1. The zero-order valence-corrected chi connectivity index (χ0v) is 13.8. The highest BCUT2D eigenvalue weighted by Crippen LogP contribution is 2.33. The van der Waals surface area contributed by atoms with Gasteiger partial charge in [-0.1, -0.05) is 18.2 Å². The third-order valence-electron chi connectivity index (χ3n) is 3.97. The standard InChI is InChI=1S/C18H12F5N3O/c1-26(18(27)11-8-24-25-16(11)17(22)23)14-5-3-2-4-10(14)9-6-12(19)15(21)13(20)7-9/h2-8,17H,1H3,(H,24,25). The molecular weight excluding hydrogens is 369 g/mol. The maximum atomic E-state index is 13.6. The molecule has 4 nitrogen and oxygen atoms in total. The fourth-order valence-electron chi connectivity index (χ4n) is 2.65. The second-order valence-corrected chi connectivity index (χ2v) is 5.62. The van der Waals surface area contributed by atoms with Crippen LogP contribution in [0.2, 0.25) is 0 Å². The molecule has 0 aliphatic carbocycles. The van der Waals surface area contributed by atoms with Crippen molar-refractivity contribution in [3.05, 3.63) is 71.3 Å². The Labute approximate surface area is 150 Å². The van der Waals surface area contributed by atoms with E-state index in [0.717, 1.165) is 23.2 Å². The van der Waals surface area contributed by atoms with E-state index in [9.17, 15) is 26.7 Å². The van der Waals surface area contributed by atoms with Gasteiger partial charge < -0.3 is 4.90 Å². The topological polar surface area (TPSA) is 49.0 Å². The van der Waals surface area contributed by atoms with Crippen LogP contribution in [0, 0.1) is 17.5 Å². The molecule has 0 bridgehead atoms. The number of hydrogen-bond acceptors (Lipinski definition) is 2. The van der Waals surface area contributed by atoms with E-state index in [1.54, 1.807) is 12.1 Å². The minimum atomic E-state index is -2.96. The van der Waals surface area contributed by atoms with Crippen LogP contribution in [0.5, 0.6) is 0 Å². The van der Waals surface area contributed by atoms with E-state index in [0.29, 0.717) is 0 Å². The highest BCUT2D eigenvalue weighted by atomic mass is 19.3. The van der Waals surface area contributed by atoms with Crippen molar-refractivity contribution < 1.29 is 26.7 Å². The van der Waals surface area contributed by atoms with Gasteiger partial charge in [-0.2, -0.15) is 5.10 Å². The summed E-state index contributed by atoms with van der Waals surface area (Å²) in [4.78, 5) is 13.7. The zero-order valence-electron chi connectivity index (χ0n) is 13.8. The van der Waals surface area contributed by atoms with Gasteiger partial charge in [-0.05, 0) is 23.8 Å². The first-order valence-corrected chi connectivity index (χ1v) is 7.65. The number of amides is 1. The molecule has 3 aromatic rings. The number of benzene rings is 2. The summed E-state index contributed by atoms with van der Waals surface area (Å²) < 4.78 is 66.4. The predicted octanol–water partition coefficient (Wildman–Crippen LogP) is 4.71. The Balaban J connectivity index is 2.06. The molecular formula is C18H12F5N3O. The molecule has 0 saturated carbocycles. The number of aromatic amines is 1. The zero-order chi connectivity index (χ0) is 19.7. The van der Waals surface area contributed by atoms with Gasteiger partial charge in [0.25, 0.3) is 12.3 Å². The number of nitrogens with one attached hydrogen (secondary N) is 1. The van der Waals surface area contributed by atoms with Crippen molar-refractivity contribution in [2.75, 3.05) is 11.9 Å². The van der Waals surface area contributed by atoms with Gasteiger partial charge >= 0.3 is 0 Å². The van der Waals surface area contributed by atoms with Gasteiger partial charge in [0.15, 0.2) is 17.5 Å². The van der Waals surface area contributed by atoms with Crippen molar-refractivity contribution in [2.24, 2.45) is 0 Å². The summed E-state index contributed by atoms with van der Waals surface area (Å²) in [5, 5.41) is 5.58. The van der Waals surface area contributed by atoms with Crippen LogP contribution in [-0.4, -0.2) is 23.2 Å². The quantitative estimate of drug-likeness (QED) is 0.526. The summed E-state index contributed by atoms with van der Waals surface area (Å²) >= 11 is 0. The number of carbonyl (C=O) groups excluding carboxylic acids is 1. The summed E-state index contributed by atoms with van der Waals surface area (Å²) in [5.41, 5.74) is -0.646. The van der Waals surface area contributed by atoms with Crippen molar-refractivity contribution in [3.63, 3.8) is 0 Å². The van der Waals surface area contributed by atoms with Crippen molar-refractivity contribution in [3.8, 4) is 11.1 Å². The molecule has 0 saturated heterocycles. The maximum Gasteiger partial charge on any atom is 0.282 e. The van der Waals surface area contributed by atoms with Gasteiger partial charge in [0.05, 0.1) is 11.3 Å². The Kier molecular flexibility index (Phi) is 4.93. The van der Waals surface area contributed by atoms with Crippen LogP contribution in [0.1, 0.15) is 22.5 Å². The fraction of sp³-hybridized carbons (Fsp3) is 0.111. The van der Waals surface area contributed by atoms with Crippen LogP contribution in [0.4, 0.5) is 27.6 Å². The van der Waals surface area contributed by atoms with E-state index in [1.807, 2.05) is 0 Å². The second kappa shape index (κ2) is 7.18. The molecule has 1 N–H and O–H groups in total. The van der Waals surface area contributed by atoms with Gasteiger partial charge in [0.1, 0.15) is 5.69 Å². The molecule has 0 fully saturated rings. The van der Waals surface area contributed by atoms with Crippen molar-refractivity contribution in [1.29, 1.82) is 0 Å². The van der Waals surface area contributed by atoms with E-state index < -0.39 is 35.5 Å². The molecule has 1 amide bonds. The summed E-state index contributed by atoms with van der Waals surface area (Å²) in [6.07, 6.45) is -1.92. The SMILES string of the molecule is CN(C(=O)c1c[nH]nc1C(F)F)c1ccccc1-c1cc(F)c(F)c(F)c1. The largest absolute Gasteiger partial charge is 0.311 e. The van der Waals surface area contributed by atoms with Gasteiger partial charge in [-0.15, -0.1) is 0 Å². The lowest BCUT2D eigenvalue weighted by Gasteiger charge is -2.21. The number of rotatable bonds is 4. The first-order valence-electron chi connectivity index (χ1n) is 7.65. The van der Waals surface area contributed by atoms with Crippen LogP contribution < -0.4 is 4.90 Å². The Morgan fingerprint density at radius 1 is 1.11 bits per heavy atom. The molecule has 0 aliphatic heterocycles. The molecule has 9 heteroatoms. The number of para-hydroxylation sites is 1. The highest BCUT2D eigenvalue weighted by molar-refractivity contribution is 6.08. The number of halogens is 5. The van der Waals surface area contributed by atoms with Crippen LogP contribution in [0.25, 0.3) is 11.1 Å². The van der Waals surface area contributed by atoms with Crippen LogP contribution in [0.3, 0.4) is 0 Å². The van der Waals surface area contributed by atoms with Gasteiger partial charge in [-0.25, -0.2) is 22.0 Å². The van der Waals surface area contributed by atoms with Crippen molar-refractivity contribution in [1.82, 2.24) is 10.2 Å². The summed E-state index contributed by atoms with van der Waals surface area (Å²) in [6.45, 7) is 0. The minimum absolute atomic E-state index is 0.0112. The molecule has 0 aliphatic rings. The van der Waals surface area contributed by atoms with E-state index in [-0.39, 0.29) is 22.4 Å². The number of hydrogen-bond donors (Lipinski definition) is 1. The van der Waals surface area contributed by atoms with E-state index in [1.165, 1.54) is 19.2 Å². The molecule has 0 unspecified atom stereocenters. The lowest BCUT2D eigenvalue weighted by molar-refractivity contribution is 0.0978. The molecule has 2 aromatic carbocycles. The molecule has 3 rings (SSSR count). The fourth-order valence-corrected chi connectivity index (χ4v) is 2.65. The average molecular weight is 381 g/mol. The van der Waals surface area contributed by atoms with Crippen molar-refractivity contribution in [2.45, 2.75) is 6.43 Å². The predicted molar refractivity (Wildman–Crippen MR) is 88.0 cm³/mol. The van der Waals surface area contributed by atoms with Gasteiger partial charge in [-0.3, -0.25) is 9.89 Å². The average Bonchev–Trinajstić information content (AvgIpc) is 3.14. The number of nitrogens with zero attached hydrogens (tertiary/aromatic N) is 2. The molecule has 0 atom stereocenters. The third-order valence-corrected chi connectivity index (χ3v) is 3.97. The Hall–Kier alpha value is -3.23. The van der Waals surface area contributed by atoms with E-state index >= 15 is 0 Å². The normalized spacial score (nSPS) is 11.1. The summed E-state index contributed by atoms with van der Waals surface area (Å²) in [7, 11) is 1.32. The number of alkyl halides is 2. The highest BCUT2D eigenvalue weighted by Gasteiger charge is 2.26. The van der Waals surface area contributed by atoms with Gasteiger partial charge in [0.2, 0.25) is 0 Å². The first-order chi connectivity index (χ1) is 12.8. The molecule has 27 heavy (non-hydrogen) atoms. The maximum absolute atomic E-state index is 13.6. The molecule has 0 radical (unpaired) electrons. The lowest BCUT2D eigenvalue weighted by Crippen LogP contribution is -2.27. The van der Waals surface area contributed by atoms with Crippen LogP contribution in [-0.2, 0) is 0 Å². The molecule has 1 heterocycles. The van der Waals surface area contributed by atoms with Crippen LogP contribution in [0.15, 0.2) is 42.6 Å². The third kappa shape index (κ3) is 3.40. The summed E-state index contributed by atoms with van der Waals surface area (Å²) in [6, 6.07) is 7.63. The summed E-state index contributed by atoms with van der Waals surface area (Å²) in [5.74, 6) is -5.18. The lowest BCUT2D eigenvalue weighted by atomic mass is 10.0. The van der Waals surface area contributed by atoms with Crippen LogP contribution >= 0.6 is 0 Å². The monoisotopic (exact) mass is 381 g/mol. The number of aromatic nitrogens is 2. The Morgan fingerprint density at radius 3 is 2.37 bits per heavy atom. The van der Waals surface area contributed by atoms with E-state index in [2.05, 4.69) is 10.2 Å². The molecule has 0 spiro atoms. The first kappa shape index (κ1) is 18.6. The second-order valence-electron chi connectivity index (χ2n) is 5.62. The van der Waals surface area contributed by atoms with Gasteiger partial charge in [0, 0.05) is 18.8 Å². The smallest absolute Gasteiger partial charge is 0.282 e. The Morgan fingerprint density at radius 2 is 1.74 bits per heavy atom. The minimum Gasteiger partial charge on any atom is -0.311 e.